The summed E-state index contributed by atoms with van der Waals surface area (Å²) >= 11 is 5.79. The molecule has 0 bridgehead atoms. The lowest BCUT2D eigenvalue weighted by molar-refractivity contribution is 0.592. The average Bonchev–Trinajstić information content (AvgIpc) is 2.81. The van der Waals surface area contributed by atoms with Gasteiger partial charge in [0.2, 0.25) is 0 Å². The first-order chi connectivity index (χ1) is 9.89. The van der Waals surface area contributed by atoms with Crippen LogP contribution in [0.15, 0.2) is 41.3 Å². The standard InChI is InChI=1S/C14H12ClFN2O2S/c15-10-2-4-14(12(17)7-10)21(19,20)18-6-5-9-1-3-11(16)8-13(9)18/h1-4,7-8H,5-6,17H2. The van der Waals surface area contributed by atoms with Crippen LogP contribution in [0.5, 0.6) is 0 Å². The molecule has 1 aliphatic rings. The van der Waals surface area contributed by atoms with E-state index in [1.54, 1.807) is 6.07 Å². The fourth-order valence-corrected chi connectivity index (χ4v) is 4.22. The summed E-state index contributed by atoms with van der Waals surface area (Å²) in [4.78, 5) is -0.0241. The molecule has 0 spiro atoms. The molecule has 110 valence electrons. The molecule has 0 unspecified atom stereocenters. The molecule has 3 rings (SSSR count). The highest BCUT2D eigenvalue weighted by Gasteiger charge is 2.32. The average molecular weight is 327 g/mol. The Bertz CT molecular complexity index is 824. The number of benzene rings is 2. The molecular weight excluding hydrogens is 315 g/mol. The Labute approximate surface area is 127 Å². The Balaban J connectivity index is 2.11. The maximum absolute atomic E-state index is 13.4. The van der Waals surface area contributed by atoms with E-state index in [-0.39, 0.29) is 17.1 Å². The van der Waals surface area contributed by atoms with Crippen LogP contribution in [0.25, 0.3) is 0 Å². The summed E-state index contributed by atoms with van der Waals surface area (Å²) in [6.45, 7) is 0.267. The SMILES string of the molecule is Nc1cc(Cl)ccc1S(=O)(=O)N1CCc2ccc(F)cc21. The lowest BCUT2D eigenvalue weighted by Crippen LogP contribution is -2.29. The first kappa shape index (κ1) is 14.2. The molecule has 0 radical (unpaired) electrons. The minimum Gasteiger partial charge on any atom is -0.398 e. The molecule has 21 heavy (non-hydrogen) atoms. The van der Waals surface area contributed by atoms with Gasteiger partial charge in [0.05, 0.1) is 11.4 Å². The highest BCUT2D eigenvalue weighted by atomic mass is 35.5. The molecule has 0 fully saturated rings. The molecule has 1 heterocycles. The summed E-state index contributed by atoms with van der Waals surface area (Å²) in [6.07, 6.45) is 0.544. The second-order valence-electron chi connectivity index (χ2n) is 4.78. The Hall–Kier alpha value is -1.79. The number of nitrogen functional groups attached to an aromatic ring is 1. The fraction of sp³-hybridized carbons (Fsp3) is 0.143. The van der Waals surface area contributed by atoms with Crippen molar-refractivity contribution in [3.8, 4) is 0 Å². The Morgan fingerprint density at radius 2 is 1.95 bits per heavy atom. The third kappa shape index (κ3) is 2.34. The van der Waals surface area contributed by atoms with E-state index in [1.165, 1.54) is 34.6 Å². The fourth-order valence-electron chi connectivity index (χ4n) is 2.45. The number of hydrogen-bond donors (Lipinski definition) is 1. The van der Waals surface area contributed by atoms with Gasteiger partial charge in [-0.3, -0.25) is 4.31 Å². The zero-order valence-electron chi connectivity index (χ0n) is 10.9. The quantitative estimate of drug-likeness (QED) is 0.863. The topological polar surface area (TPSA) is 63.4 Å². The second kappa shape index (κ2) is 4.89. The van der Waals surface area contributed by atoms with E-state index in [4.69, 9.17) is 17.3 Å². The Morgan fingerprint density at radius 3 is 2.67 bits per heavy atom. The Kier molecular flexibility index (Phi) is 3.30. The third-order valence-corrected chi connectivity index (χ3v) is 5.56. The zero-order chi connectivity index (χ0) is 15.2. The molecule has 0 aliphatic carbocycles. The third-order valence-electron chi connectivity index (χ3n) is 3.44. The number of nitrogens with zero attached hydrogens (tertiary/aromatic N) is 1. The summed E-state index contributed by atoms with van der Waals surface area (Å²) in [5.74, 6) is -0.472. The van der Waals surface area contributed by atoms with Gasteiger partial charge >= 0.3 is 0 Å². The smallest absolute Gasteiger partial charge is 0.266 e. The van der Waals surface area contributed by atoms with Crippen molar-refractivity contribution in [2.45, 2.75) is 11.3 Å². The van der Waals surface area contributed by atoms with E-state index in [0.717, 1.165) is 5.56 Å². The van der Waals surface area contributed by atoms with Crippen molar-refractivity contribution in [1.29, 1.82) is 0 Å². The van der Waals surface area contributed by atoms with Crippen LogP contribution in [0.1, 0.15) is 5.56 Å². The van der Waals surface area contributed by atoms with Gasteiger partial charge in [-0.05, 0) is 42.3 Å². The van der Waals surface area contributed by atoms with E-state index >= 15 is 0 Å². The summed E-state index contributed by atoms with van der Waals surface area (Å²) in [5, 5.41) is 0.360. The second-order valence-corrected chi connectivity index (χ2v) is 7.05. The van der Waals surface area contributed by atoms with E-state index in [9.17, 15) is 12.8 Å². The Morgan fingerprint density at radius 1 is 1.19 bits per heavy atom. The van der Waals surface area contributed by atoms with Crippen LogP contribution in [-0.2, 0) is 16.4 Å². The predicted octanol–water partition coefficient (Wildman–Crippen LogP) is 2.81. The van der Waals surface area contributed by atoms with Crippen LogP contribution in [0.3, 0.4) is 0 Å². The van der Waals surface area contributed by atoms with Gasteiger partial charge in [0.15, 0.2) is 0 Å². The van der Waals surface area contributed by atoms with Gasteiger partial charge in [-0.25, -0.2) is 12.8 Å². The zero-order valence-corrected chi connectivity index (χ0v) is 12.5. The van der Waals surface area contributed by atoms with Gasteiger partial charge in [-0.15, -0.1) is 0 Å². The lowest BCUT2D eigenvalue weighted by Gasteiger charge is -2.20. The minimum absolute atomic E-state index is 0.0241. The lowest BCUT2D eigenvalue weighted by atomic mass is 10.2. The normalized spacial score (nSPS) is 14.3. The van der Waals surface area contributed by atoms with E-state index in [2.05, 4.69) is 0 Å². The summed E-state index contributed by atoms with van der Waals surface area (Å²) in [6, 6.07) is 8.37. The maximum Gasteiger partial charge on any atom is 0.266 e. The molecule has 0 aromatic heterocycles. The predicted molar refractivity (Wildman–Crippen MR) is 80.5 cm³/mol. The van der Waals surface area contributed by atoms with Gasteiger partial charge < -0.3 is 5.73 Å². The van der Waals surface area contributed by atoms with E-state index in [0.29, 0.717) is 17.1 Å². The van der Waals surface area contributed by atoms with Crippen LogP contribution < -0.4 is 10.0 Å². The largest absolute Gasteiger partial charge is 0.398 e. The van der Waals surface area contributed by atoms with Gasteiger partial charge in [0.25, 0.3) is 10.0 Å². The molecule has 4 nitrogen and oxygen atoms in total. The van der Waals surface area contributed by atoms with Crippen LogP contribution in [0.4, 0.5) is 15.8 Å². The number of rotatable bonds is 2. The van der Waals surface area contributed by atoms with Crippen molar-refractivity contribution in [2.75, 3.05) is 16.6 Å². The van der Waals surface area contributed by atoms with Crippen molar-refractivity contribution in [1.82, 2.24) is 0 Å². The van der Waals surface area contributed by atoms with E-state index in [1.807, 2.05) is 0 Å². The number of sulfonamides is 1. The minimum atomic E-state index is -3.83. The van der Waals surface area contributed by atoms with Crippen LogP contribution >= 0.6 is 11.6 Å². The van der Waals surface area contributed by atoms with Crippen molar-refractivity contribution >= 4 is 33.0 Å². The summed E-state index contributed by atoms with van der Waals surface area (Å²) in [7, 11) is -3.83. The van der Waals surface area contributed by atoms with Gasteiger partial charge in [0, 0.05) is 11.6 Å². The number of anilines is 2. The molecule has 0 atom stereocenters. The molecule has 2 aromatic carbocycles. The number of hydrogen-bond acceptors (Lipinski definition) is 3. The number of halogens is 2. The summed E-state index contributed by atoms with van der Waals surface area (Å²) < 4.78 is 40.0. The summed E-state index contributed by atoms with van der Waals surface area (Å²) in [5.41, 5.74) is 7.00. The molecule has 0 amide bonds. The van der Waals surface area contributed by atoms with E-state index < -0.39 is 15.8 Å². The molecule has 1 aliphatic heterocycles. The van der Waals surface area contributed by atoms with Crippen LogP contribution in [0.2, 0.25) is 5.02 Å². The first-order valence-corrected chi connectivity index (χ1v) is 8.07. The molecule has 0 saturated carbocycles. The van der Waals surface area contributed by atoms with Gasteiger partial charge in [0.1, 0.15) is 10.7 Å². The molecule has 7 heteroatoms. The van der Waals surface area contributed by atoms with Gasteiger partial charge in [-0.1, -0.05) is 17.7 Å². The molecule has 2 aromatic rings. The van der Waals surface area contributed by atoms with Crippen molar-refractivity contribution < 1.29 is 12.8 Å². The van der Waals surface area contributed by atoms with Crippen molar-refractivity contribution in [3.63, 3.8) is 0 Å². The maximum atomic E-state index is 13.4. The highest BCUT2D eigenvalue weighted by molar-refractivity contribution is 7.93. The molecule has 0 saturated heterocycles. The van der Waals surface area contributed by atoms with Crippen molar-refractivity contribution in [3.05, 3.63) is 52.8 Å². The molecular formula is C14H12ClFN2O2S. The monoisotopic (exact) mass is 326 g/mol. The first-order valence-electron chi connectivity index (χ1n) is 6.26. The van der Waals surface area contributed by atoms with Gasteiger partial charge in [-0.2, -0.15) is 0 Å². The van der Waals surface area contributed by atoms with Crippen LogP contribution in [0, 0.1) is 5.82 Å². The van der Waals surface area contributed by atoms with Crippen molar-refractivity contribution in [2.24, 2.45) is 0 Å². The molecule has 2 N–H and O–H groups in total. The number of nitrogens with two attached hydrogens (primary N) is 1. The number of fused-ring (bicyclic) bond motifs is 1. The van der Waals surface area contributed by atoms with Crippen LogP contribution in [-0.4, -0.2) is 15.0 Å². The highest BCUT2D eigenvalue weighted by Crippen LogP contribution is 2.35.